The molecule has 4 rings (SSSR count). The summed E-state index contributed by atoms with van der Waals surface area (Å²) in [6.07, 6.45) is 2.15. The fourth-order valence-corrected chi connectivity index (χ4v) is 3.75. The van der Waals surface area contributed by atoms with Gasteiger partial charge in [-0.3, -0.25) is 9.36 Å². The van der Waals surface area contributed by atoms with E-state index in [9.17, 15) is 4.79 Å². The highest BCUT2D eigenvalue weighted by atomic mass is 35.5. The van der Waals surface area contributed by atoms with Gasteiger partial charge in [0.15, 0.2) is 5.69 Å². The summed E-state index contributed by atoms with van der Waals surface area (Å²) in [5, 5.41) is 22.3. The molecule has 0 spiro atoms. The predicted octanol–water partition coefficient (Wildman–Crippen LogP) is 4.17. The van der Waals surface area contributed by atoms with E-state index in [0.29, 0.717) is 26.8 Å². The Morgan fingerprint density at radius 3 is 2.86 bits per heavy atom. The number of nitrogens with zero attached hydrogens (tertiary/aromatic N) is 5. The molecule has 3 aromatic rings. The third-order valence-corrected chi connectivity index (χ3v) is 5.34. The van der Waals surface area contributed by atoms with Crippen molar-refractivity contribution < 1.29 is 4.79 Å². The van der Waals surface area contributed by atoms with E-state index in [4.69, 9.17) is 16.9 Å². The number of benzene rings is 1. The Morgan fingerprint density at radius 2 is 2.14 bits per heavy atom. The van der Waals surface area contributed by atoms with Crippen molar-refractivity contribution in [3.63, 3.8) is 0 Å². The zero-order valence-electron chi connectivity index (χ0n) is 14.9. The van der Waals surface area contributed by atoms with Crippen LogP contribution >= 0.6 is 23.4 Å². The van der Waals surface area contributed by atoms with Crippen molar-refractivity contribution >= 4 is 35.0 Å². The van der Waals surface area contributed by atoms with Crippen LogP contribution in [0.3, 0.4) is 0 Å². The molecule has 140 valence electrons. The van der Waals surface area contributed by atoms with Crippen LogP contribution in [0.25, 0.3) is 5.69 Å². The molecule has 0 saturated heterocycles. The van der Waals surface area contributed by atoms with Gasteiger partial charge in [0.05, 0.1) is 10.7 Å². The first-order valence-electron chi connectivity index (χ1n) is 8.63. The summed E-state index contributed by atoms with van der Waals surface area (Å²) in [7, 11) is 0. The van der Waals surface area contributed by atoms with E-state index in [2.05, 4.69) is 20.5 Å². The minimum absolute atomic E-state index is 0.132. The molecule has 1 saturated carbocycles. The van der Waals surface area contributed by atoms with Crippen LogP contribution in [-0.2, 0) is 4.79 Å². The van der Waals surface area contributed by atoms with Crippen LogP contribution < -0.4 is 5.32 Å². The summed E-state index contributed by atoms with van der Waals surface area (Å²) in [6.45, 7) is 1.47. The molecule has 1 aliphatic carbocycles. The maximum Gasteiger partial charge on any atom is 0.221 e. The summed E-state index contributed by atoms with van der Waals surface area (Å²) in [5.74, 6) is 1.13. The van der Waals surface area contributed by atoms with E-state index >= 15 is 0 Å². The number of nitriles is 1. The average Bonchev–Trinajstić information content (AvgIpc) is 3.43. The normalized spacial score (nSPS) is 13.2. The highest BCUT2D eigenvalue weighted by molar-refractivity contribution is 7.99. The number of anilines is 1. The van der Waals surface area contributed by atoms with Crippen LogP contribution in [0.1, 0.15) is 37.2 Å². The van der Waals surface area contributed by atoms with Crippen molar-refractivity contribution in [2.45, 2.75) is 35.9 Å². The molecular formula is C19H15ClN6OS. The van der Waals surface area contributed by atoms with Crippen molar-refractivity contribution in [1.29, 1.82) is 5.26 Å². The largest absolute Gasteiger partial charge is 0.326 e. The first-order chi connectivity index (χ1) is 13.5. The lowest BCUT2D eigenvalue weighted by molar-refractivity contribution is -0.114. The topological polar surface area (TPSA) is 96.5 Å². The van der Waals surface area contributed by atoms with Crippen molar-refractivity contribution in [2.24, 2.45) is 0 Å². The number of pyridine rings is 1. The molecule has 0 unspecified atom stereocenters. The van der Waals surface area contributed by atoms with E-state index in [0.717, 1.165) is 24.4 Å². The van der Waals surface area contributed by atoms with Gasteiger partial charge in [0.2, 0.25) is 11.1 Å². The molecule has 2 heterocycles. The molecule has 2 aromatic heterocycles. The summed E-state index contributed by atoms with van der Waals surface area (Å²) in [6, 6.07) is 12.9. The lowest BCUT2D eigenvalue weighted by atomic mass is 10.2. The first-order valence-corrected chi connectivity index (χ1v) is 9.82. The Bertz CT molecular complexity index is 1100. The highest BCUT2D eigenvalue weighted by Gasteiger charge is 2.31. The summed E-state index contributed by atoms with van der Waals surface area (Å²) < 4.78 is 1.98. The van der Waals surface area contributed by atoms with E-state index in [1.54, 1.807) is 12.1 Å². The molecule has 1 aromatic carbocycles. The number of hydrogen-bond acceptors (Lipinski definition) is 6. The molecule has 0 bridgehead atoms. The van der Waals surface area contributed by atoms with Gasteiger partial charge >= 0.3 is 0 Å². The number of carbonyl (C=O) groups is 1. The van der Waals surface area contributed by atoms with Crippen LogP contribution in [0.4, 0.5) is 5.69 Å². The molecule has 1 amide bonds. The molecule has 7 nitrogen and oxygen atoms in total. The second-order valence-electron chi connectivity index (χ2n) is 6.38. The zero-order valence-corrected chi connectivity index (χ0v) is 16.5. The highest BCUT2D eigenvalue weighted by Crippen LogP contribution is 2.42. The van der Waals surface area contributed by atoms with E-state index in [1.165, 1.54) is 18.7 Å². The van der Waals surface area contributed by atoms with Gasteiger partial charge in [-0.2, -0.15) is 5.26 Å². The standard InChI is InChI=1S/C19H15ClN6OS/c1-11(27)22-13-3-2-4-14(9-13)26-18(12-5-6-12)24-25-19(26)28-17-8-7-15(20)16(10-21)23-17/h2-4,7-9,12H,5-6H2,1H3,(H,22,27). The summed E-state index contributed by atoms with van der Waals surface area (Å²) >= 11 is 7.29. The molecule has 1 N–H and O–H groups in total. The molecule has 0 aliphatic heterocycles. The van der Waals surface area contributed by atoms with Gasteiger partial charge in [-0.25, -0.2) is 4.98 Å². The zero-order chi connectivity index (χ0) is 19.7. The van der Waals surface area contributed by atoms with Gasteiger partial charge in [0.1, 0.15) is 16.9 Å². The molecule has 0 radical (unpaired) electrons. The quantitative estimate of drug-likeness (QED) is 0.677. The monoisotopic (exact) mass is 410 g/mol. The van der Waals surface area contributed by atoms with Crippen molar-refractivity contribution in [3.8, 4) is 11.8 Å². The fraction of sp³-hybridized carbons (Fsp3) is 0.211. The number of amides is 1. The lowest BCUT2D eigenvalue weighted by Crippen LogP contribution is -2.07. The Morgan fingerprint density at radius 1 is 1.32 bits per heavy atom. The summed E-state index contributed by atoms with van der Waals surface area (Å²) in [5.41, 5.74) is 1.73. The van der Waals surface area contributed by atoms with Crippen LogP contribution in [0, 0.1) is 11.3 Å². The van der Waals surface area contributed by atoms with Crippen LogP contribution in [0.15, 0.2) is 46.6 Å². The van der Waals surface area contributed by atoms with Gasteiger partial charge in [0.25, 0.3) is 0 Å². The van der Waals surface area contributed by atoms with Crippen molar-refractivity contribution in [1.82, 2.24) is 19.7 Å². The Kier molecular flexibility index (Phi) is 5.03. The number of nitrogens with one attached hydrogen (secondary N) is 1. The van der Waals surface area contributed by atoms with Crippen LogP contribution in [0.2, 0.25) is 5.02 Å². The number of aromatic nitrogens is 4. The Labute approximate surface area is 170 Å². The smallest absolute Gasteiger partial charge is 0.221 e. The number of halogens is 1. The second-order valence-corrected chi connectivity index (χ2v) is 7.77. The number of hydrogen-bond donors (Lipinski definition) is 1. The molecule has 1 aliphatic rings. The Hall–Kier alpha value is -2.89. The molecular weight excluding hydrogens is 396 g/mol. The van der Waals surface area contributed by atoms with Crippen molar-refractivity contribution in [2.75, 3.05) is 5.32 Å². The van der Waals surface area contributed by atoms with E-state index in [1.807, 2.05) is 34.9 Å². The predicted molar refractivity (Wildman–Crippen MR) is 106 cm³/mol. The molecule has 0 atom stereocenters. The number of carbonyl (C=O) groups excluding carboxylic acids is 1. The maximum absolute atomic E-state index is 11.4. The maximum atomic E-state index is 11.4. The van der Waals surface area contributed by atoms with Crippen LogP contribution in [0.5, 0.6) is 0 Å². The summed E-state index contributed by atoms with van der Waals surface area (Å²) in [4.78, 5) is 15.7. The first kappa shape index (κ1) is 18.5. The minimum Gasteiger partial charge on any atom is -0.326 e. The van der Waals surface area contributed by atoms with Gasteiger partial charge in [-0.1, -0.05) is 17.7 Å². The third-order valence-electron chi connectivity index (χ3n) is 4.15. The third kappa shape index (κ3) is 3.86. The Balaban J connectivity index is 1.74. The molecule has 1 fully saturated rings. The van der Waals surface area contributed by atoms with Gasteiger partial charge in [-0.05, 0) is 54.9 Å². The fourth-order valence-electron chi connectivity index (χ4n) is 2.78. The van der Waals surface area contributed by atoms with E-state index < -0.39 is 0 Å². The van der Waals surface area contributed by atoms with Crippen LogP contribution in [-0.4, -0.2) is 25.7 Å². The minimum atomic E-state index is -0.132. The average molecular weight is 411 g/mol. The van der Waals surface area contributed by atoms with Gasteiger partial charge in [-0.15, -0.1) is 10.2 Å². The molecule has 9 heteroatoms. The SMILES string of the molecule is CC(=O)Nc1cccc(-n2c(Sc3ccc(Cl)c(C#N)n3)nnc2C2CC2)c1. The van der Waals surface area contributed by atoms with E-state index in [-0.39, 0.29) is 11.6 Å². The van der Waals surface area contributed by atoms with Gasteiger partial charge in [0, 0.05) is 18.5 Å². The second kappa shape index (κ2) is 7.62. The number of rotatable bonds is 5. The molecule has 28 heavy (non-hydrogen) atoms. The van der Waals surface area contributed by atoms with Gasteiger partial charge < -0.3 is 5.32 Å². The van der Waals surface area contributed by atoms with Crippen molar-refractivity contribution in [3.05, 3.63) is 52.9 Å². The lowest BCUT2D eigenvalue weighted by Gasteiger charge is -2.11.